The Bertz CT molecular complexity index is 503. The minimum Gasteiger partial charge on any atom is -0.330 e. The van der Waals surface area contributed by atoms with E-state index in [4.69, 9.17) is 4.52 Å². The van der Waals surface area contributed by atoms with E-state index in [0.717, 1.165) is 11.1 Å². The van der Waals surface area contributed by atoms with E-state index in [0.29, 0.717) is 5.82 Å². The van der Waals surface area contributed by atoms with Crippen LogP contribution in [-0.2, 0) is 0 Å². The molecule has 0 spiro atoms. The fraction of sp³-hybridized carbons (Fsp3) is 0.182. The summed E-state index contributed by atoms with van der Waals surface area (Å²) in [5.74, 6) is 0.275. The molecule has 0 amide bonds. The van der Waals surface area contributed by atoms with Crippen LogP contribution in [-0.4, -0.2) is 15.9 Å². The Labute approximate surface area is 86.9 Å². The van der Waals surface area contributed by atoms with Gasteiger partial charge in [0.25, 0.3) is 5.89 Å². The van der Waals surface area contributed by atoms with E-state index in [1.54, 1.807) is 0 Å². The summed E-state index contributed by atoms with van der Waals surface area (Å²) in [4.78, 5) is 15.0. The second-order valence-electron chi connectivity index (χ2n) is 3.35. The van der Waals surface area contributed by atoms with Crippen LogP contribution in [0, 0.1) is 6.92 Å². The van der Waals surface area contributed by atoms with Crippen LogP contribution in [0.2, 0.25) is 0 Å². The lowest BCUT2D eigenvalue weighted by atomic mass is 10.1. The standard InChI is InChI=1S/C11H10N2O2/c1-7-4-3-5-9(6-7)10-12-11(8(2)14)15-13-10/h3-6H,1-2H3. The topological polar surface area (TPSA) is 56.0 Å². The summed E-state index contributed by atoms with van der Waals surface area (Å²) in [7, 11) is 0. The minimum atomic E-state index is -0.221. The molecule has 0 saturated carbocycles. The third kappa shape index (κ3) is 1.93. The van der Waals surface area contributed by atoms with Crippen molar-refractivity contribution in [3.63, 3.8) is 0 Å². The van der Waals surface area contributed by atoms with Crippen LogP contribution >= 0.6 is 0 Å². The Morgan fingerprint density at radius 2 is 2.20 bits per heavy atom. The first kappa shape index (κ1) is 9.58. The van der Waals surface area contributed by atoms with Gasteiger partial charge < -0.3 is 4.52 Å². The summed E-state index contributed by atoms with van der Waals surface area (Å²) in [5.41, 5.74) is 1.97. The third-order valence-corrected chi connectivity index (χ3v) is 2.00. The van der Waals surface area contributed by atoms with Crippen molar-refractivity contribution >= 4 is 5.78 Å². The van der Waals surface area contributed by atoms with Crippen LogP contribution in [0.15, 0.2) is 28.8 Å². The van der Waals surface area contributed by atoms with Crippen molar-refractivity contribution < 1.29 is 9.32 Å². The van der Waals surface area contributed by atoms with Crippen LogP contribution in [0.5, 0.6) is 0 Å². The van der Waals surface area contributed by atoms with Crippen LogP contribution in [0.4, 0.5) is 0 Å². The molecule has 1 aromatic heterocycles. The van der Waals surface area contributed by atoms with Gasteiger partial charge in [-0.2, -0.15) is 4.98 Å². The number of rotatable bonds is 2. The number of nitrogens with zero attached hydrogens (tertiary/aromatic N) is 2. The number of Topliss-reactive ketones (excluding diaryl/α,β-unsaturated/α-hetero) is 1. The Morgan fingerprint density at radius 1 is 1.40 bits per heavy atom. The van der Waals surface area contributed by atoms with Crippen molar-refractivity contribution in [1.82, 2.24) is 10.1 Å². The van der Waals surface area contributed by atoms with Gasteiger partial charge in [0.1, 0.15) is 0 Å². The Kier molecular flexibility index (Phi) is 2.33. The van der Waals surface area contributed by atoms with Crippen molar-refractivity contribution in [2.75, 3.05) is 0 Å². The van der Waals surface area contributed by atoms with Gasteiger partial charge in [0, 0.05) is 12.5 Å². The SMILES string of the molecule is CC(=O)c1nc(-c2cccc(C)c2)no1. The van der Waals surface area contributed by atoms with E-state index in [1.165, 1.54) is 6.92 Å². The first-order valence-corrected chi connectivity index (χ1v) is 4.58. The average molecular weight is 202 g/mol. The average Bonchev–Trinajstić information content (AvgIpc) is 2.66. The highest BCUT2D eigenvalue weighted by Gasteiger charge is 2.11. The molecule has 0 bridgehead atoms. The number of benzene rings is 1. The molecule has 0 aliphatic carbocycles. The maximum Gasteiger partial charge on any atom is 0.294 e. The molecule has 0 saturated heterocycles. The number of aryl methyl sites for hydroxylation is 1. The molecule has 4 nitrogen and oxygen atoms in total. The molecular formula is C11H10N2O2. The largest absolute Gasteiger partial charge is 0.330 e. The number of hydrogen-bond acceptors (Lipinski definition) is 4. The molecule has 0 fully saturated rings. The molecule has 0 N–H and O–H groups in total. The van der Waals surface area contributed by atoms with E-state index in [-0.39, 0.29) is 11.7 Å². The molecule has 0 atom stereocenters. The molecule has 0 radical (unpaired) electrons. The normalized spacial score (nSPS) is 10.3. The highest BCUT2D eigenvalue weighted by Crippen LogP contribution is 2.16. The van der Waals surface area contributed by atoms with Crippen molar-refractivity contribution in [2.45, 2.75) is 13.8 Å². The summed E-state index contributed by atoms with van der Waals surface area (Å²) in [5, 5.41) is 3.74. The smallest absolute Gasteiger partial charge is 0.294 e. The van der Waals surface area contributed by atoms with Crippen molar-refractivity contribution in [3.05, 3.63) is 35.7 Å². The highest BCUT2D eigenvalue weighted by atomic mass is 16.5. The van der Waals surface area contributed by atoms with E-state index >= 15 is 0 Å². The molecular weight excluding hydrogens is 192 g/mol. The van der Waals surface area contributed by atoms with Gasteiger partial charge >= 0.3 is 0 Å². The molecule has 4 heteroatoms. The van der Waals surface area contributed by atoms with E-state index in [1.807, 2.05) is 31.2 Å². The van der Waals surface area contributed by atoms with Gasteiger partial charge in [-0.1, -0.05) is 28.9 Å². The summed E-state index contributed by atoms with van der Waals surface area (Å²) in [6.07, 6.45) is 0. The number of hydrogen-bond donors (Lipinski definition) is 0. The van der Waals surface area contributed by atoms with Gasteiger partial charge in [-0.3, -0.25) is 4.79 Å². The zero-order valence-electron chi connectivity index (χ0n) is 8.52. The van der Waals surface area contributed by atoms with E-state index < -0.39 is 0 Å². The molecule has 0 aliphatic rings. The first-order chi connectivity index (χ1) is 7.16. The zero-order chi connectivity index (χ0) is 10.8. The molecule has 15 heavy (non-hydrogen) atoms. The quantitative estimate of drug-likeness (QED) is 0.701. The van der Waals surface area contributed by atoms with Crippen LogP contribution < -0.4 is 0 Å². The predicted molar refractivity (Wildman–Crippen MR) is 54.5 cm³/mol. The Morgan fingerprint density at radius 3 is 2.80 bits per heavy atom. The molecule has 0 aliphatic heterocycles. The van der Waals surface area contributed by atoms with Crippen LogP contribution in [0.3, 0.4) is 0 Å². The molecule has 1 heterocycles. The van der Waals surface area contributed by atoms with Crippen LogP contribution in [0.1, 0.15) is 23.2 Å². The molecule has 2 rings (SSSR count). The van der Waals surface area contributed by atoms with Crippen molar-refractivity contribution in [2.24, 2.45) is 0 Å². The Balaban J connectivity index is 2.41. The molecule has 0 unspecified atom stereocenters. The van der Waals surface area contributed by atoms with Crippen LogP contribution in [0.25, 0.3) is 11.4 Å². The first-order valence-electron chi connectivity index (χ1n) is 4.58. The number of carbonyl (C=O) groups excluding carboxylic acids is 1. The predicted octanol–water partition coefficient (Wildman–Crippen LogP) is 2.25. The number of ketones is 1. The molecule has 1 aromatic carbocycles. The fourth-order valence-electron chi connectivity index (χ4n) is 1.27. The van der Waals surface area contributed by atoms with Gasteiger partial charge in [0.2, 0.25) is 11.6 Å². The second-order valence-corrected chi connectivity index (χ2v) is 3.35. The monoisotopic (exact) mass is 202 g/mol. The van der Waals surface area contributed by atoms with E-state index in [9.17, 15) is 4.79 Å². The van der Waals surface area contributed by atoms with Crippen molar-refractivity contribution in [1.29, 1.82) is 0 Å². The fourth-order valence-corrected chi connectivity index (χ4v) is 1.27. The van der Waals surface area contributed by atoms with Gasteiger partial charge in [0.05, 0.1) is 0 Å². The maximum atomic E-state index is 11.0. The minimum absolute atomic E-state index is 0.0477. The highest BCUT2D eigenvalue weighted by molar-refractivity contribution is 5.89. The van der Waals surface area contributed by atoms with Crippen molar-refractivity contribution in [3.8, 4) is 11.4 Å². The molecule has 76 valence electrons. The lowest BCUT2D eigenvalue weighted by Gasteiger charge is -1.94. The summed E-state index contributed by atoms with van der Waals surface area (Å²) >= 11 is 0. The Hall–Kier alpha value is -1.97. The summed E-state index contributed by atoms with van der Waals surface area (Å²) < 4.78 is 4.81. The van der Waals surface area contributed by atoms with Gasteiger partial charge in [-0.05, 0) is 13.0 Å². The summed E-state index contributed by atoms with van der Waals surface area (Å²) in [6.45, 7) is 3.38. The lowest BCUT2D eigenvalue weighted by Crippen LogP contribution is -1.91. The van der Waals surface area contributed by atoms with Gasteiger partial charge in [-0.15, -0.1) is 0 Å². The number of carbonyl (C=O) groups is 1. The van der Waals surface area contributed by atoms with Gasteiger partial charge in [0.15, 0.2) is 0 Å². The lowest BCUT2D eigenvalue weighted by molar-refractivity contribution is 0.0972. The molecule has 2 aromatic rings. The number of aromatic nitrogens is 2. The van der Waals surface area contributed by atoms with Gasteiger partial charge in [-0.25, -0.2) is 0 Å². The van der Waals surface area contributed by atoms with E-state index in [2.05, 4.69) is 10.1 Å². The maximum absolute atomic E-state index is 11.0. The third-order valence-electron chi connectivity index (χ3n) is 2.00. The summed E-state index contributed by atoms with van der Waals surface area (Å²) in [6, 6.07) is 7.71. The zero-order valence-corrected chi connectivity index (χ0v) is 8.52. The second kappa shape index (κ2) is 3.65.